The van der Waals surface area contributed by atoms with Gasteiger partial charge in [0.1, 0.15) is 0 Å². The molecule has 2 aromatic rings. The molecule has 1 aromatic carbocycles. The van der Waals surface area contributed by atoms with Crippen LogP contribution in [0.4, 0.5) is 0 Å². The summed E-state index contributed by atoms with van der Waals surface area (Å²) in [5.74, 6) is 0.127. The normalized spacial score (nSPS) is 11.8. The minimum absolute atomic E-state index is 0.127. The Kier molecular flexibility index (Phi) is 4.73. The molecule has 4 N–H and O–H groups in total. The molecule has 0 unspecified atom stereocenters. The van der Waals surface area contributed by atoms with Crippen LogP contribution in [-0.2, 0) is 20.0 Å². The Morgan fingerprint density at radius 2 is 2.30 bits per heavy atom. The highest BCUT2D eigenvalue weighted by Crippen LogP contribution is 2.05. The highest BCUT2D eigenvalue weighted by molar-refractivity contribution is 5.97. The van der Waals surface area contributed by atoms with E-state index >= 15 is 0 Å². The number of nitrogens with zero attached hydrogens (tertiary/aromatic N) is 3. The van der Waals surface area contributed by atoms with Gasteiger partial charge in [0.05, 0.1) is 6.20 Å². The molecule has 1 heterocycles. The average molecular weight is 273 g/mol. The van der Waals surface area contributed by atoms with E-state index in [1.807, 2.05) is 43.7 Å². The minimum atomic E-state index is 0.127. The largest absolute Gasteiger partial charge is 0.409 e. The first-order valence-corrected chi connectivity index (χ1v) is 6.44. The van der Waals surface area contributed by atoms with E-state index in [1.54, 1.807) is 4.68 Å². The molecule has 106 valence electrons. The fraction of sp³-hybridized carbons (Fsp3) is 0.286. The van der Waals surface area contributed by atoms with Gasteiger partial charge in [-0.25, -0.2) is 0 Å². The molecule has 6 heteroatoms. The summed E-state index contributed by atoms with van der Waals surface area (Å²) < 4.78 is 1.80. The molecular weight excluding hydrogens is 254 g/mol. The lowest BCUT2D eigenvalue weighted by molar-refractivity contribution is 0.318. The number of hydrogen-bond acceptors (Lipinski definition) is 4. The van der Waals surface area contributed by atoms with Gasteiger partial charge in [0.15, 0.2) is 5.84 Å². The fourth-order valence-corrected chi connectivity index (χ4v) is 1.96. The standard InChI is InChI=1S/C14H19N5O/c1-19-10-12(9-17-19)5-6-16-8-11-3-2-4-13(7-11)14(15)18-20/h2-4,7,9-10,16,20H,5-6,8H2,1H3,(H2,15,18). The van der Waals surface area contributed by atoms with Crippen LogP contribution >= 0.6 is 0 Å². The lowest BCUT2D eigenvalue weighted by atomic mass is 10.1. The van der Waals surface area contributed by atoms with Crippen LogP contribution in [0.5, 0.6) is 0 Å². The second kappa shape index (κ2) is 6.72. The first-order valence-electron chi connectivity index (χ1n) is 6.44. The number of aromatic nitrogens is 2. The van der Waals surface area contributed by atoms with Crippen molar-refractivity contribution in [3.05, 3.63) is 53.3 Å². The molecule has 0 spiro atoms. The fourth-order valence-electron chi connectivity index (χ4n) is 1.96. The summed E-state index contributed by atoms with van der Waals surface area (Å²) in [5, 5.41) is 19.2. The molecule has 0 amide bonds. The number of amidine groups is 1. The number of benzene rings is 1. The molecule has 0 aliphatic carbocycles. The molecule has 0 bridgehead atoms. The first-order chi connectivity index (χ1) is 9.69. The Morgan fingerprint density at radius 3 is 3.00 bits per heavy atom. The third-order valence-corrected chi connectivity index (χ3v) is 3.01. The van der Waals surface area contributed by atoms with Crippen LogP contribution in [0, 0.1) is 0 Å². The van der Waals surface area contributed by atoms with Gasteiger partial charge in [-0.05, 0) is 30.2 Å². The Hall–Kier alpha value is -2.34. The quantitative estimate of drug-likeness (QED) is 0.239. The van der Waals surface area contributed by atoms with Gasteiger partial charge in [-0.3, -0.25) is 4.68 Å². The van der Waals surface area contributed by atoms with Crippen molar-refractivity contribution in [3.63, 3.8) is 0 Å². The Labute approximate surface area is 117 Å². The maximum absolute atomic E-state index is 8.66. The van der Waals surface area contributed by atoms with Crippen molar-refractivity contribution in [2.75, 3.05) is 6.54 Å². The van der Waals surface area contributed by atoms with Crippen LogP contribution in [0.15, 0.2) is 41.8 Å². The number of oxime groups is 1. The third kappa shape index (κ3) is 3.83. The van der Waals surface area contributed by atoms with Gasteiger partial charge in [-0.15, -0.1) is 0 Å². The van der Waals surface area contributed by atoms with Gasteiger partial charge in [-0.2, -0.15) is 5.10 Å². The smallest absolute Gasteiger partial charge is 0.170 e. The van der Waals surface area contributed by atoms with Crippen molar-refractivity contribution >= 4 is 5.84 Å². The van der Waals surface area contributed by atoms with Crippen LogP contribution in [0.3, 0.4) is 0 Å². The Bertz CT molecular complexity index is 591. The zero-order chi connectivity index (χ0) is 14.4. The van der Waals surface area contributed by atoms with Crippen LogP contribution in [-0.4, -0.2) is 27.4 Å². The van der Waals surface area contributed by atoms with Crippen molar-refractivity contribution in [2.24, 2.45) is 17.9 Å². The molecule has 0 saturated heterocycles. The van der Waals surface area contributed by atoms with Crippen LogP contribution in [0.1, 0.15) is 16.7 Å². The Balaban J connectivity index is 1.82. The maximum Gasteiger partial charge on any atom is 0.170 e. The van der Waals surface area contributed by atoms with Crippen molar-refractivity contribution in [1.29, 1.82) is 0 Å². The zero-order valence-electron chi connectivity index (χ0n) is 11.5. The van der Waals surface area contributed by atoms with E-state index in [2.05, 4.69) is 15.6 Å². The van der Waals surface area contributed by atoms with Crippen LogP contribution in [0.2, 0.25) is 0 Å². The van der Waals surface area contributed by atoms with Crippen LogP contribution in [0.25, 0.3) is 0 Å². The summed E-state index contributed by atoms with van der Waals surface area (Å²) in [5.41, 5.74) is 8.60. The third-order valence-electron chi connectivity index (χ3n) is 3.01. The lowest BCUT2D eigenvalue weighted by Crippen LogP contribution is -2.18. The van der Waals surface area contributed by atoms with Gasteiger partial charge < -0.3 is 16.3 Å². The SMILES string of the molecule is Cn1cc(CCNCc2cccc(/C(N)=N/O)c2)cn1. The van der Waals surface area contributed by atoms with E-state index in [1.165, 1.54) is 5.56 Å². The van der Waals surface area contributed by atoms with Gasteiger partial charge in [0, 0.05) is 25.4 Å². The van der Waals surface area contributed by atoms with Gasteiger partial charge in [0.2, 0.25) is 0 Å². The molecule has 6 nitrogen and oxygen atoms in total. The van der Waals surface area contributed by atoms with Gasteiger partial charge in [-0.1, -0.05) is 23.4 Å². The van der Waals surface area contributed by atoms with Crippen LogP contribution < -0.4 is 11.1 Å². The van der Waals surface area contributed by atoms with Gasteiger partial charge >= 0.3 is 0 Å². The number of nitrogens with one attached hydrogen (secondary N) is 1. The van der Waals surface area contributed by atoms with E-state index in [9.17, 15) is 0 Å². The number of aryl methyl sites for hydroxylation is 1. The minimum Gasteiger partial charge on any atom is -0.409 e. The topological polar surface area (TPSA) is 88.5 Å². The lowest BCUT2D eigenvalue weighted by Gasteiger charge is -2.06. The highest BCUT2D eigenvalue weighted by atomic mass is 16.4. The molecule has 0 aliphatic rings. The summed E-state index contributed by atoms with van der Waals surface area (Å²) in [4.78, 5) is 0. The maximum atomic E-state index is 8.66. The van der Waals surface area contributed by atoms with E-state index in [0.29, 0.717) is 0 Å². The Morgan fingerprint density at radius 1 is 1.45 bits per heavy atom. The predicted octanol–water partition coefficient (Wildman–Crippen LogP) is 0.847. The number of hydrogen-bond donors (Lipinski definition) is 3. The highest BCUT2D eigenvalue weighted by Gasteiger charge is 2.01. The molecule has 0 fully saturated rings. The predicted molar refractivity (Wildman–Crippen MR) is 77.6 cm³/mol. The second-order valence-electron chi connectivity index (χ2n) is 4.63. The molecule has 0 saturated carbocycles. The van der Waals surface area contributed by atoms with E-state index in [0.717, 1.165) is 30.6 Å². The number of nitrogens with two attached hydrogens (primary N) is 1. The second-order valence-corrected chi connectivity index (χ2v) is 4.63. The molecule has 1 aromatic heterocycles. The summed E-state index contributed by atoms with van der Waals surface area (Å²) in [6, 6.07) is 7.62. The molecular formula is C14H19N5O. The van der Waals surface area contributed by atoms with Crippen molar-refractivity contribution in [2.45, 2.75) is 13.0 Å². The summed E-state index contributed by atoms with van der Waals surface area (Å²) in [6.07, 6.45) is 4.83. The molecule has 0 atom stereocenters. The van der Waals surface area contributed by atoms with Gasteiger partial charge in [0.25, 0.3) is 0 Å². The first kappa shape index (κ1) is 14.1. The number of rotatable bonds is 6. The molecule has 0 radical (unpaired) electrons. The summed E-state index contributed by atoms with van der Waals surface area (Å²) in [6.45, 7) is 1.62. The summed E-state index contributed by atoms with van der Waals surface area (Å²) in [7, 11) is 1.91. The van der Waals surface area contributed by atoms with E-state index in [-0.39, 0.29) is 5.84 Å². The van der Waals surface area contributed by atoms with Crippen molar-refractivity contribution < 1.29 is 5.21 Å². The molecule has 2 rings (SSSR count). The van der Waals surface area contributed by atoms with Crippen molar-refractivity contribution in [1.82, 2.24) is 15.1 Å². The average Bonchev–Trinajstić information content (AvgIpc) is 2.88. The van der Waals surface area contributed by atoms with E-state index < -0.39 is 0 Å². The monoisotopic (exact) mass is 273 g/mol. The molecule has 0 aliphatic heterocycles. The zero-order valence-corrected chi connectivity index (χ0v) is 11.5. The van der Waals surface area contributed by atoms with E-state index in [4.69, 9.17) is 10.9 Å². The van der Waals surface area contributed by atoms with Crippen molar-refractivity contribution in [3.8, 4) is 0 Å². The summed E-state index contributed by atoms with van der Waals surface area (Å²) >= 11 is 0. The molecule has 20 heavy (non-hydrogen) atoms.